The van der Waals surface area contributed by atoms with E-state index in [2.05, 4.69) is 24.3 Å². The van der Waals surface area contributed by atoms with E-state index in [0.29, 0.717) is 5.69 Å². The van der Waals surface area contributed by atoms with E-state index in [0.717, 1.165) is 22.1 Å². The fourth-order valence-electron chi connectivity index (χ4n) is 1.56. The second-order valence-electron chi connectivity index (χ2n) is 3.77. The predicted octanol–water partition coefficient (Wildman–Crippen LogP) is 4.68. The van der Waals surface area contributed by atoms with Crippen LogP contribution in [0.5, 0.6) is 0 Å². The van der Waals surface area contributed by atoms with Gasteiger partial charge in [-0.3, -0.25) is 0 Å². The highest BCUT2D eigenvalue weighted by atomic mass is 35.5. The van der Waals surface area contributed by atoms with Crippen LogP contribution in [0, 0.1) is 0 Å². The van der Waals surface area contributed by atoms with Crippen LogP contribution in [0.2, 0.25) is 5.02 Å². The van der Waals surface area contributed by atoms with Gasteiger partial charge in [-0.1, -0.05) is 41.9 Å². The molecule has 96 valence electrons. The third-order valence-corrected chi connectivity index (χ3v) is 3.95. The lowest BCUT2D eigenvalue weighted by Gasteiger charge is -2.05. The Kier molecular flexibility index (Phi) is 6.41. The minimum Gasteiger partial charge on any atom is -0.399 e. The van der Waals surface area contributed by atoms with Crippen molar-refractivity contribution in [3.8, 4) is 0 Å². The van der Waals surface area contributed by atoms with Crippen molar-refractivity contribution in [2.75, 3.05) is 11.5 Å². The molecule has 2 aromatic carbocycles. The molecule has 2 aromatic rings. The highest BCUT2D eigenvalue weighted by Crippen LogP contribution is 2.29. The third kappa shape index (κ3) is 4.45. The molecule has 0 saturated carbocycles. The van der Waals surface area contributed by atoms with Crippen LogP contribution in [0.25, 0.3) is 0 Å². The summed E-state index contributed by atoms with van der Waals surface area (Å²) in [6, 6.07) is 16.1. The Morgan fingerprint density at radius 3 is 2.44 bits per heavy atom. The van der Waals surface area contributed by atoms with Gasteiger partial charge in [-0.25, -0.2) is 0 Å². The van der Waals surface area contributed by atoms with Crippen LogP contribution in [-0.4, -0.2) is 5.75 Å². The number of hydrogen-bond donors (Lipinski definition) is 1. The monoisotopic (exact) mass is 299 g/mol. The van der Waals surface area contributed by atoms with Crippen molar-refractivity contribution in [3.63, 3.8) is 0 Å². The highest BCUT2D eigenvalue weighted by molar-refractivity contribution is 7.99. The number of aryl methyl sites for hydroxylation is 1. The van der Waals surface area contributed by atoms with Gasteiger partial charge in [0, 0.05) is 16.3 Å². The van der Waals surface area contributed by atoms with E-state index in [1.165, 1.54) is 5.56 Å². The zero-order valence-electron chi connectivity index (χ0n) is 9.80. The van der Waals surface area contributed by atoms with E-state index in [1.807, 2.05) is 18.2 Å². The van der Waals surface area contributed by atoms with Crippen molar-refractivity contribution >= 4 is 41.5 Å². The second-order valence-corrected chi connectivity index (χ2v) is 5.32. The molecule has 0 radical (unpaired) electrons. The summed E-state index contributed by atoms with van der Waals surface area (Å²) in [5, 5.41) is 0.739. The van der Waals surface area contributed by atoms with Crippen LogP contribution in [0.4, 0.5) is 5.69 Å². The maximum atomic E-state index is 6.11. The zero-order valence-corrected chi connectivity index (χ0v) is 12.2. The minimum atomic E-state index is 0. The quantitative estimate of drug-likeness (QED) is 0.655. The highest BCUT2D eigenvalue weighted by Gasteiger charge is 2.01. The molecule has 0 aliphatic carbocycles. The molecule has 0 bridgehead atoms. The molecule has 1 nitrogen and oxygen atoms in total. The first kappa shape index (κ1) is 15.2. The number of anilines is 1. The normalized spacial score (nSPS) is 9.83. The molecule has 2 N–H and O–H groups in total. The summed E-state index contributed by atoms with van der Waals surface area (Å²) < 4.78 is 0. The molecule has 18 heavy (non-hydrogen) atoms. The lowest BCUT2D eigenvalue weighted by molar-refractivity contribution is 1.15. The molecule has 0 aliphatic heterocycles. The fourth-order valence-corrected chi connectivity index (χ4v) is 2.83. The summed E-state index contributed by atoms with van der Waals surface area (Å²) >= 11 is 7.87. The fraction of sp³-hybridized carbons (Fsp3) is 0.143. The Morgan fingerprint density at radius 1 is 1.06 bits per heavy atom. The van der Waals surface area contributed by atoms with Gasteiger partial charge >= 0.3 is 0 Å². The van der Waals surface area contributed by atoms with Crippen LogP contribution < -0.4 is 5.73 Å². The first-order valence-electron chi connectivity index (χ1n) is 5.47. The molecule has 0 saturated heterocycles. The van der Waals surface area contributed by atoms with Crippen molar-refractivity contribution in [1.82, 2.24) is 0 Å². The van der Waals surface area contributed by atoms with Crippen LogP contribution in [-0.2, 0) is 6.42 Å². The van der Waals surface area contributed by atoms with Gasteiger partial charge in [0.15, 0.2) is 0 Å². The summed E-state index contributed by atoms with van der Waals surface area (Å²) in [4.78, 5) is 1.09. The van der Waals surface area contributed by atoms with Crippen molar-refractivity contribution < 1.29 is 0 Å². The average molecular weight is 300 g/mol. The zero-order chi connectivity index (χ0) is 12.1. The first-order chi connectivity index (χ1) is 8.25. The van der Waals surface area contributed by atoms with Crippen molar-refractivity contribution in [3.05, 3.63) is 59.1 Å². The smallest absolute Gasteiger partial charge is 0.0562 e. The molecule has 0 spiro atoms. The average Bonchev–Trinajstić information content (AvgIpc) is 2.33. The van der Waals surface area contributed by atoms with Gasteiger partial charge in [0.2, 0.25) is 0 Å². The van der Waals surface area contributed by atoms with Crippen molar-refractivity contribution in [2.45, 2.75) is 11.3 Å². The van der Waals surface area contributed by atoms with Gasteiger partial charge in [-0.05, 0) is 30.2 Å². The lowest BCUT2D eigenvalue weighted by atomic mass is 10.2. The Morgan fingerprint density at radius 2 is 1.78 bits per heavy atom. The van der Waals surface area contributed by atoms with Crippen LogP contribution in [0.3, 0.4) is 0 Å². The lowest BCUT2D eigenvalue weighted by Crippen LogP contribution is -1.89. The van der Waals surface area contributed by atoms with Gasteiger partial charge in [-0.15, -0.1) is 24.2 Å². The van der Waals surface area contributed by atoms with Crippen LogP contribution in [0.15, 0.2) is 53.4 Å². The summed E-state index contributed by atoms with van der Waals surface area (Å²) in [5.74, 6) is 1.02. The number of nitrogen functional groups attached to an aromatic ring is 1. The van der Waals surface area contributed by atoms with Crippen molar-refractivity contribution in [1.29, 1.82) is 0 Å². The number of hydrogen-bond acceptors (Lipinski definition) is 2. The van der Waals surface area contributed by atoms with Gasteiger partial charge < -0.3 is 5.73 Å². The molecule has 4 heteroatoms. The molecule has 0 aliphatic rings. The SMILES string of the molecule is Cl.Nc1ccc(SCCc2ccccc2)c(Cl)c1. The molecule has 0 amide bonds. The molecule has 0 unspecified atom stereocenters. The number of rotatable bonds is 4. The topological polar surface area (TPSA) is 26.0 Å². The predicted molar refractivity (Wildman–Crippen MR) is 84.0 cm³/mol. The molecule has 0 heterocycles. The van der Waals surface area contributed by atoms with Gasteiger partial charge in [0.05, 0.1) is 5.02 Å². The van der Waals surface area contributed by atoms with Crippen LogP contribution in [0.1, 0.15) is 5.56 Å². The maximum absolute atomic E-state index is 6.11. The minimum absolute atomic E-state index is 0. The van der Waals surface area contributed by atoms with E-state index in [4.69, 9.17) is 17.3 Å². The summed E-state index contributed by atoms with van der Waals surface area (Å²) in [6.45, 7) is 0. The van der Waals surface area contributed by atoms with Crippen molar-refractivity contribution in [2.24, 2.45) is 0 Å². The van der Waals surface area contributed by atoms with Gasteiger partial charge in [0.25, 0.3) is 0 Å². The Labute approximate surface area is 123 Å². The summed E-state index contributed by atoms with van der Waals surface area (Å²) in [6.07, 6.45) is 1.05. The van der Waals surface area contributed by atoms with E-state index in [-0.39, 0.29) is 12.4 Å². The van der Waals surface area contributed by atoms with Gasteiger partial charge in [-0.2, -0.15) is 0 Å². The molecule has 0 atom stereocenters. The maximum Gasteiger partial charge on any atom is 0.0562 e. The standard InChI is InChI=1S/C14H14ClNS.ClH/c15-13-10-12(16)6-7-14(13)17-9-8-11-4-2-1-3-5-11;/h1-7,10H,8-9,16H2;1H. The van der Waals surface area contributed by atoms with Crippen LogP contribution >= 0.6 is 35.8 Å². The Balaban J connectivity index is 0.00000162. The largest absolute Gasteiger partial charge is 0.399 e. The number of benzene rings is 2. The number of thioether (sulfide) groups is 1. The first-order valence-corrected chi connectivity index (χ1v) is 6.84. The molecule has 0 aromatic heterocycles. The molecular formula is C14H15Cl2NS. The number of halogens is 2. The molecule has 0 fully saturated rings. The molecular weight excluding hydrogens is 285 g/mol. The summed E-state index contributed by atoms with van der Waals surface area (Å²) in [5.41, 5.74) is 7.72. The van der Waals surface area contributed by atoms with E-state index >= 15 is 0 Å². The van der Waals surface area contributed by atoms with E-state index in [9.17, 15) is 0 Å². The van der Waals surface area contributed by atoms with E-state index < -0.39 is 0 Å². The number of nitrogens with two attached hydrogens (primary N) is 1. The second kappa shape index (κ2) is 7.57. The third-order valence-electron chi connectivity index (χ3n) is 2.45. The Hall–Kier alpha value is -0.830. The molecule has 2 rings (SSSR count). The summed E-state index contributed by atoms with van der Waals surface area (Å²) in [7, 11) is 0. The van der Waals surface area contributed by atoms with E-state index in [1.54, 1.807) is 17.8 Å². The van der Waals surface area contributed by atoms with Gasteiger partial charge in [0.1, 0.15) is 0 Å². The Bertz CT molecular complexity index is 488.